The number of allylic oxidation sites excluding steroid dienone is 2. The van der Waals surface area contributed by atoms with Crippen LogP contribution in [0.5, 0.6) is 5.75 Å². The fourth-order valence-corrected chi connectivity index (χ4v) is 6.56. The highest BCUT2D eigenvalue weighted by molar-refractivity contribution is 7.99. The monoisotopic (exact) mass is 328 g/mol. The van der Waals surface area contributed by atoms with Crippen molar-refractivity contribution in [3.8, 4) is 5.75 Å². The Hall–Kier alpha value is -1.22. The van der Waals surface area contributed by atoms with E-state index >= 15 is 0 Å². The van der Waals surface area contributed by atoms with E-state index in [0.29, 0.717) is 5.78 Å². The first kappa shape index (κ1) is 15.3. The summed E-state index contributed by atoms with van der Waals surface area (Å²) in [6.07, 6.45) is 4.99. The highest BCUT2D eigenvalue weighted by Crippen LogP contribution is 2.70. The van der Waals surface area contributed by atoms with E-state index in [2.05, 4.69) is 45.0 Å². The molecule has 1 saturated carbocycles. The maximum atomic E-state index is 12.6. The molecular weight excluding hydrogens is 304 g/mol. The number of carbonyl (C=O) groups excluding carboxylic acids is 1. The van der Waals surface area contributed by atoms with Crippen LogP contribution in [0.15, 0.2) is 29.2 Å². The van der Waals surface area contributed by atoms with Crippen molar-refractivity contribution < 1.29 is 9.53 Å². The van der Waals surface area contributed by atoms with Gasteiger partial charge in [-0.25, -0.2) is 0 Å². The molecule has 2 nitrogen and oxygen atoms in total. The Bertz CT molecular complexity index is 737. The van der Waals surface area contributed by atoms with Crippen molar-refractivity contribution in [2.24, 2.45) is 16.2 Å². The second kappa shape index (κ2) is 4.66. The maximum absolute atomic E-state index is 12.6. The van der Waals surface area contributed by atoms with Crippen LogP contribution in [0.2, 0.25) is 0 Å². The summed E-state index contributed by atoms with van der Waals surface area (Å²) in [7, 11) is 1.72. The van der Waals surface area contributed by atoms with Crippen LogP contribution in [0.3, 0.4) is 0 Å². The maximum Gasteiger partial charge on any atom is 0.139 e. The zero-order valence-corrected chi connectivity index (χ0v) is 15.2. The van der Waals surface area contributed by atoms with Gasteiger partial charge in [-0.3, -0.25) is 4.79 Å². The lowest BCUT2D eigenvalue weighted by atomic mass is 9.48. The van der Waals surface area contributed by atoms with Gasteiger partial charge in [0.25, 0.3) is 0 Å². The molecule has 3 aliphatic rings. The van der Waals surface area contributed by atoms with E-state index in [1.165, 1.54) is 16.0 Å². The lowest BCUT2D eigenvalue weighted by Gasteiger charge is -2.58. The van der Waals surface area contributed by atoms with E-state index in [0.717, 1.165) is 30.8 Å². The van der Waals surface area contributed by atoms with Gasteiger partial charge in [0.2, 0.25) is 0 Å². The minimum absolute atomic E-state index is 0.0474. The van der Waals surface area contributed by atoms with Gasteiger partial charge in [-0.1, -0.05) is 26.8 Å². The summed E-state index contributed by atoms with van der Waals surface area (Å²) in [5, 5.41) is 0. The number of hydrogen-bond acceptors (Lipinski definition) is 3. The summed E-state index contributed by atoms with van der Waals surface area (Å²) in [4.78, 5) is 13.9. The van der Waals surface area contributed by atoms with Crippen LogP contribution < -0.4 is 4.74 Å². The van der Waals surface area contributed by atoms with Gasteiger partial charge in [-0.05, 0) is 47.6 Å². The third-order valence-corrected chi connectivity index (χ3v) is 8.58. The molecule has 1 aromatic carbocycles. The predicted molar refractivity (Wildman–Crippen MR) is 94.9 cm³/mol. The molecule has 1 fully saturated rings. The minimum atomic E-state index is -0.199. The summed E-state index contributed by atoms with van der Waals surface area (Å²) in [5.74, 6) is 2.42. The lowest BCUT2D eigenvalue weighted by molar-refractivity contribution is -0.131. The van der Waals surface area contributed by atoms with E-state index in [1.807, 2.05) is 11.8 Å². The Balaban J connectivity index is 1.89. The summed E-state index contributed by atoms with van der Waals surface area (Å²) >= 11 is 1.92. The molecule has 0 saturated heterocycles. The molecule has 1 aromatic rings. The number of Topliss-reactive ketones (excluding diaryl/α,β-unsaturated/α-hetero) is 1. The first-order valence-corrected chi connectivity index (χ1v) is 9.39. The van der Waals surface area contributed by atoms with Gasteiger partial charge in [-0.15, -0.1) is 11.8 Å². The Labute approximate surface area is 142 Å². The van der Waals surface area contributed by atoms with E-state index in [-0.39, 0.29) is 16.2 Å². The molecular formula is C20H24O2S. The normalized spacial score (nSPS) is 38.4. The van der Waals surface area contributed by atoms with Crippen LogP contribution in [0.4, 0.5) is 0 Å². The SMILES string of the molecule is COc1ccc2c(c1)SC[C@@]1(C)C2=CC[C@@]2(C)C(=O)CC[C@]21C. The number of carbonyl (C=O) groups is 1. The molecule has 122 valence electrons. The van der Waals surface area contributed by atoms with Crippen molar-refractivity contribution in [2.45, 2.75) is 44.9 Å². The molecule has 0 radical (unpaired) electrons. The fraction of sp³-hybridized carbons (Fsp3) is 0.550. The molecule has 1 aliphatic heterocycles. The van der Waals surface area contributed by atoms with Crippen LogP contribution in [0.25, 0.3) is 5.57 Å². The van der Waals surface area contributed by atoms with Crippen molar-refractivity contribution in [3.63, 3.8) is 0 Å². The van der Waals surface area contributed by atoms with Crippen molar-refractivity contribution in [1.82, 2.24) is 0 Å². The smallest absolute Gasteiger partial charge is 0.139 e. The molecule has 2 aliphatic carbocycles. The molecule has 4 rings (SSSR count). The first-order valence-electron chi connectivity index (χ1n) is 8.41. The van der Waals surface area contributed by atoms with Crippen LogP contribution in [0, 0.1) is 16.2 Å². The number of fused-ring (bicyclic) bond motifs is 5. The van der Waals surface area contributed by atoms with Crippen molar-refractivity contribution in [2.75, 3.05) is 12.9 Å². The molecule has 3 heteroatoms. The highest BCUT2D eigenvalue weighted by atomic mass is 32.2. The largest absolute Gasteiger partial charge is 0.497 e. The minimum Gasteiger partial charge on any atom is -0.497 e. The summed E-state index contributed by atoms with van der Waals surface area (Å²) in [6.45, 7) is 6.95. The number of methoxy groups -OCH3 is 1. The van der Waals surface area contributed by atoms with Crippen LogP contribution in [0.1, 0.15) is 45.6 Å². The first-order chi connectivity index (χ1) is 10.9. The van der Waals surface area contributed by atoms with Gasteiger partial charge in [-0.2, -0.15) is 0 Å². The van der Waals surface area contributed by atoms with Gasteiger partial charge in [0.05, 0.1) is 7.11 Å². The number of ketones is 1. The van der Waals surface area contributed by atoms with Crippen LogP contribution in [-0.2, 0) is 4.79 Å². The Morgan fingerprint density at radius 2 is 1.96 bits per heavy atom. The van der Waals surface area contributed by atoms with Crippen molar-refractivity contribution in [1.29, 1.82) is 0 Å². The number of benzene rings is 1. The van der Waals surface area contributed by atoms with E-state index in [1.54, 1.807) is 7.11 Å². The molecule has 0 bridgehead atoms. The van der Waals surface area contributed by atoms with E-state index in [9.17, 15) is 4.79 Å². The Morgan fingerprint density at radius 1 is 1.17 bits per heavy atom. The van der Waals surface area contributed by atoms with Gasteiger partial charge in [0.15, 0.2) is 0 Å². The van der Waals surface area contributed by atoms with Gasteiger partial charge >= 0.3 is 0 Å². The second-order valence-electron chi connectivity index (χ2n) is 7.89. The molecule has 0 amide bonds. The third kappa shape index (κ3) is 1.69. The average Bonchev–Trinajstić information content (AvgIpc) is 2.79. The van der Waals surface area contributed by atoms with Crippen molar-refractivity contribution in [3.05, 3.63) is 29.8 Å². The second-order valence-corrected chi connectivity index (χ2v) is 8.91. The summed E-state index contributed by atoms with van der Waals surface area (Å²) < 4.78 is 5.38. The zero-order valence-electron chi connectivity index (χ0n) is 14.4. The van der Waals surface area contributed by atoms with Crippen LogP contribution >= 0.6 is 11.8 Å². The molecule has 0 spiro atoms. The average molecular weight is 328 g/mol. The molecule has 1 heterocycles. The van der Waals surface area contributed by atoms with Crippen LogP contribution in [-0.4, -0.2) is 18.6 Å². The zero-order chi connectivity index (χ0) is 16.5. The standard InChI is InChI=1S/C20H24O2S/c1-18-9-7-15-14-6-5-13(22-4)11-16(14)23-12-19(15,2)20(18,3)10-8-17(18)21/h5-7,11H,8-10,12H2,1-4H3/t18-,19-,20+/m0/s1. The number of hydrogen-bond donors (Lipinski definition) is 0. The van der Waals surface area contributed by atoms with Gasteiger partial charge in [0.1, 0.15) is 11.5 Å². The molecule has 23 heavy (non-hydrogen) atoms. The van der Waals surface area contributed by atoms with Crippen molar-refractivity contribution >= 4 is 23.1 Å². The third-order valence-electron chi connectivity index (χ3n) is 7.21. The van der Waals surface area contributed by atoms with E-state index in [4.69, 9.17) is 4.74 Å². The predicted octanol–water partition coefficient (Wildman–Crippen LogP) is 4.97. The summed E-state index contributed by atoms with van der Waals surface area (Å²) in [6, 6.07) is 6.41. The quantitative estimate of drug-likeness (QED) is 0.728. The molecule has 0 aromatic heterocycles. The molecule has 0 unspecified atom stereocenters. The van der Waals surface area contributed by atoms with Gasteiger partial charge in [0, 0.05) is 27.9 Å². The number of thioether (sulfide) groups is 1. The molecule has 0 N–H and O–H groups in total. The topological polar surface area (TPSA) is 26.3 Å². The highest BCUT2D eigenvalue weighted by Gasteiger charge is 2.65. The number of ether oxygens (including phenoxy) is 1. The van der Waals surface area contributed by atoms with E-state index < -0.39 is 0 Å². The Kier molecular flexibility index (Phi) is 3.10. The fourth-order valence-electron chi connectivity index (χ4n) is 5.11. The lowest BCUT2D eigenvalue weighted by Crippen LogP contribution is -2.53. The Morgan fingerprint density at radius 3 is 2.70 bits per heavy atom. The summed E-state index contributed by atoms with van der Waals surface area (Å²) in [5.41, 5.74) is 2.69. The number of rotatable bonds is 1. The molecule has 3 atom stereocenters. The van der Waals surface area contributed by atoms with Gasteiger partial charge < -0.3 is 4.74 Å².